The largest absolute Gasteiger partial charge is 0.472 e. The monoisotopic (exact) mass is 424 g/mol. The van der Waals surface area contributed by atoms with Gasteiger partial charge in [0.15, 0.2) is 5.79 Å². The molecule has 0 unspecified atom stereocenters. The Morgan fingerprint density at radius 3 is 2.07 bits per heavy atom. The third kappa shape index (κ3) is 2.78. The van der Waals surface area contributed by atoms with Crippen LogP contribution in [0.2, 0.25) is 0 Å². The minimum Gasteiger partial charge on any atom is -0.472 e. The van der Waals surface area contributed by atoms with Crippen LogP contribution in [0.25, 0.3) is 5.57 Å². The van der Waals surface area contributed by atoms with Crippen LogP contribution in [-0.2, 0) is 14.2 Å². The van der Waals surface area contributed by atoms with Crippen LogP contribution in [-0.4, -0.2) is 22.5 Å². The number of rotatable bonds is 2. The number of fused-ring (bicyclic) bond motifs is 1. The second-order valence-corrected chi connectivity index (χ2v) is 8.92. The number of hydrogen-bond donors (Lipinski definition) is 0. The highest BCUT2D eigenvalue weighted by atomic mass is 79.9. The highest BCUT2D eigenvalue weighted by molar-refractivity contribution is 9.10. The maximum atomic E-state index is 6.56. The summed E-state index contributed by atoms with van der Waals surface area (Å²) in [4.78, 5) is 0. The van der Waals surface area contributed by atoms with Crippen molar-refractivity contribution in [2.45, 2.75) is 36.4 Å². The molecule has 2 bridgehead atoms. The average Bonchev–Trinajstić information content (AvgIpc) is 3.01. The molecule has 2 aromatic carbocycles. The Morgan fingerprint density at radius 1 is 0.889 bits per heavy atom. The SMILES string of the molecule is CC1(C)O[C@H]2[C@H]3C=C[C@](Br)(OC3=C(c3ccccc3)c3ccccc3)[C@H]2O1. The number of alkyl halides is 1. The van der Waals surface area contributed by atoms with Crippen molar-refractivity contribution in [2.75, 3.05) is 0 Å². The summed E-state index contributed by atoms with van der Waals surface area (Å²) in [5.74, 6) is 0.304. The normalized spacial score (nSPS) is 32.9. The molecule has 0 amide bonds. The van der Waals surface area contributed by atoms with E-state index >= 15 is 0 Å². The quantitative estimate of drug-likeness (QED) is 0.485. The summed E-state index contributed by atoms with van der Waals surface area (Å²) in [6.07, 6.45) is 3.97. The molecule has 4 atom stereocenters. The average molecular weight is 425 g/mol. The molecule has 138 valence electrons. The Balaban J connectivity index is 1.71. The van der Waals surface area contributed by atoms with E-state index in [9.17, 15) is 0 Å². The fourth-order valence-corrected chi connectivity index (χ4v) is 4.92. The molecule has 1 aliphatic carbocycles. The van der Waals surface area contributed by atoms with Crippen LogP contribution in [0.3, 0.4) is 0 Å². The van der Waals surface area contributed by atoms with Gasteiger partial charge >= 0.3 is 0 Å². The molecule has 0 radical (unpaired) electrons. The fourth-order valence-electron chi connectivity index (χ4n) is 4.24. The molecule has 3 heterocycles. The van der Waals surface area contributed by atoms with Gasteiger partial charge in [0.25, 0.3) is 0 Å². The van der Waals surface area contributed by atoms with Gasteiger partial charge in [0.05, 0.1) is 5.92 Å². The molecule has 0 N–H and O–H groups in total. The topological polar surface area (TPSA) is 27.7 Å². The summed E-state index contributed by atoms with van der Waals surface area (Å²) in [6, 6.07) is 20.8. The van der Waals surface area contributed by atoms with Gasteiger partial charge in [0.2, 0.25) is 4.51 Å². The first-order valence-corrected chi connectivity index (χ1v) is 10.0. The molecular weight excluding hydrogens is 404 g/mol. The maximum Gasteiger partial charge on any atom is 0.209 e. The van der Waals surface area contributed by atoms with E-state index in [-0.39, 0.29) is 18.1 Å². The first kappa shape index (κ1) is 17.2. The summed E-state index contributed by atoms with van der Waals surface area (Å²) in [5.41, 5.74) is 3.36. The fraction of sp³-hybridized carbons (Fsp3) is 0.304. The lowest BCUT2D eigenvalue weighted by Crippen LogP contribution is -2.55. The summed E-state index contributed by atoms with van der Waals surface area (Å²) in [6.45, 7) is 3.92. The third-order valence-electron chi connectivity index (χ3n) is 5.34. The van der Waals surface area contributed by atoms with Crippen LogP contribution in [0, 0.1) is 5.92 Å². The molecule has 2 saturated heterocycles. The van der Waals surface area contributed by atoms with Gasteiger partial charge in [0.1, 0.15) is 18.0 Å². The van der Waals surface area contributed by atoms with Gasteiger partial charge in [0, 0.05) is 5.57 Å². The summed E-state index contributed by atoms with van der Waals surface area (Å²) in [5, 5.41) is 0. The number of hydrogen-bond acceptors (Lipinski definition) is 3. The van der Waals surface area contributed by atoms with Gasteiger partial charge in [-0.3, -0.25) is 0 Å². The predicted molar refractivity (Wildman–Crippen MR) is 108 cm³/mol. The summed E-state index contributed by atoms with van der Waals surface area (Å²) >= 11 is 3.80. The number of ether oxygens (including phenoxy) is 3. The predicted octanol–water partition coefficient (Wildman–Crippen LogP) is 5.27. The summed E-state index contributed by atoms with van der Waals surface area (Å²) in [7, 11) is 0. The molecule has 2 fully saturated rings. The number of benzene rings is 2. The highest BCUT2D eigenvalue weighted by Crippen LogP contribution is 2.55. The highest BCUT2D eigenvalue weighted by Gasteiger charge is 2.61. The maximum absolute atomic E-state index is 6.56. The lowest BCUT2D eigenvalue weighted by Gasteiger charge is -2.47. The van der Waals surface area contributed by atoms with Crippen molar-refractivity contribution < 1.29 is 14.2 Å². The van der Waals surface area contributed by atoms with E-state index in [1.807, 2.05) is 26.0 Å². The van der Waals surface area contributed by atoms with Crippen molar-refractivity contribution in [1.82, 2.24) is 0 Å². The van der Waals surface area contributed by atoms with Crippen molar-refractivity contribution in [3.05, 3.63) is 89.7 Å². The molecule has 4 heteroatoms. The molecule has 27 heavy (non-hydrogen) atoms. The molecule has 3 aliphatic heterocycles. The van der Waals surface area contributed by atoms with Crippen molar-refractivity contribution in [3.63, 3.8) is 0 Å². The van der Waals surface area contributed by atoms with Gasteiger partial charge in [-0.1, -0.05) is 66.7 Å². The zero-order chi connectivity index (χ0) is 18.6. The first-order valence-electron chi connectivity index (χ1n) is 9.25. The van der Waals surface area contributed by atoms with Crippen molar-refractivity contribution >= 4 is 21.5 Å². The smallest absolute Gasteiger partial charge is 0.209 e. The van der Waals surface area contributed by atoms with Crippen LogP contribution < -0.4 is 0 Å². The third-order valence-corrected chi connectivity index (χ3v) is 6.22. The zero-order valence-corrected chi connectivity index (χ0v) is 16.8. The van der Waals surface area contributed by atoms with Gasteiger partial charge in [-0.15, -0.1) is 0 Å². The van der Waals surface area contributed by atoms with Gasteiger partial charge in [-0.25, -0.2) is 0 Å². The first-order chi connectivity index (χ1) is 13.0. The standard InChI is InChI=1S/C23H21BrO3/c1-22(2)25-20-17-13-14-23(24,21(20)27-22)26-19(17)18(15-9-5-3-6-10-15)16-11-7-4-8-12-16/h3-14,17,20-21H,1-2H3/t17-,20-,21-,23-/m0/s1. The van der Waals surface area contributed by atoms with E-state index in [0.29, 0.717) is 0 Å². The van der Waals surface area contributed by atoms with Crippen LogP contribution >= 0.6 is 15.9 Å². The van der Waals surface area contributed by atoms with E-state index in [2.05, 4.69) is 76.6 Å². The van der Waals surface area contributed by atoms with Gasteiger partial charge < -0.3 is 14.2 Å². The van der Waals surface area contributed by atoms with Crippen LogP contribution in [0.1, 0.15) is 25.0 Å². The Hall–Kier alpha value is -1.88. The molecular formula is C23H21BrO3. The Labute approximate surface area is 167 Å². The summed E-state index contributed by atoms with van der Waals surface area (Å²) < 4.78 is 18.3. The van der Waals surface area contributed by atoms with Gasteiger partial charge in [-0.05, 0) is 47.0 Å². The van der Waals surface area contributed by atoms with E-state index in [4.69, 9.17) is 14.2 Å². The molecule has 0 aromatic heterocycles. The van der Waals surface area contributed by atoms with E-state index in [0.717, 1.165) is 22.5 Å². The molecule has 0 spiro atoms. The van der Waals surface area contributed by atoms with Crippen molar-refractivity contribution in [2.24, 2.45) is 5.92 Å². The minimum atomic E-state index is -0.718. The zero-order valence-electron chi connectivity index (χ0n) is 15.3. The minimum absolute atomic E-state index is 0.00612. The molecule has 6 rings (SSSR count). The van der Waals surface area contributed by atoms with Crippen LogP contribution in [0.15, 0.2) is 78.6 Å². The lowest BCUT2D eigenvalue weighted by atomic mass is 9.80. The van der Waals surface area contributed by atoms with Crippen molar-refractivity contribution in [3.8, 4) is 0 Å². The van der Waals surface area contributed by atoms with Gasteiger partial charge in [-0.2, -0.15) is 0 Å². The molecule has 4 aliphatic rings. The van der Waals surface area contributed by atoms with Crippen LogP contribution in [0.5, 0.6) is 0 Å². The van der Waals surface area contributed by atoms with Crippen molar-refractivity contribution in [1.29, 1.82) is 0 Å². The Kier molecular flexibility index (Phi) is 3.87. The Morgan fingerprint density at radius 2 is 1.48 bits per heavy atom. The number of halogens is 1. The molecule has 0 saturated carbocycles. The van der Waals surface area contributed by atoms with E-state index in [1.165, 1.54) is 0 Å². The molecule has 3 nitrogen and oxygen atoms in total. The molecule has 2 aromatic rings. The van der Waals surface area contributed by atoms with Crippen LogP contribution in [0.4, 0.5) is 0 Å². The second-order valence-electron chi connectivity index (χ2n) is 7.68. The van der Waals surface area contributed by atoms with E-state index in [1.54, 1.807) is 0 Å². The lowest BCUT2D eigenvalue weighted by molar-refractivity contribution is -0.151. The van der Waals surface area contributed by atoms with E-state index < -0.39 is 10.3 Å². The Bertz CT molecular complexity index is 878. The second kappa shape index (κ2) is 6.06.